The summed E-state index contributed by atoms with van der Waals surface area (Å²) < 4.78 is 0. The van der Waals surface area contributed by atoms with E-state index in [4.69, 9.17) is 11.6 Å². The molecule has 2 aliphatic heterocycles. The first-order valence-corrected chi connectivity index (χ1v) is 8.67. The molecule has 8 heteroatoms. The highest BCUT2D eigenvalue weighted by Gasteiger charge is 2.47. The van der Waals surface area contributed by atoms with Crippen molar-refractivity contribution in [3.8, 4) is 0 Å². The van der Waals surface area contributed by atoms with Crippen LogP contribution in [-0.2, 0) is 9.59 Å². The first-order valence-electron chi connectivity index (χ1n) is 8.29. The van der Waals surface area contributed by atoms with Gasteiger partial charge in [0.05, 0.1) is 16.8 Å². The molecule has 2 fully saturated rings. The van der Waals surface area contributed by atoms with Gasteiger partial charge in [0.2, 0.25) is 11.8 Å². The number of fused-ring (bicyclic) bond motifs is 1. The van der Waals surface area contributed by atoms with Crippen LogP contribution in [0.4, 0.5) is 10.5 Å². The number of nitrogens with zero attached hydrogens (tertiary/aromatic N) is 1. The maximum absolute atomic E-state index is 12.5. The van der Waals surface area contributed by atoms with E-state index >= 15 is 0 Å². The van der Waals surface area contributed by atoms with Gasteiger partial charge in [-0.25, -0.2) is 4.79 Å². The van der Waals surface area contributed by atoms with Gasteiger partial charge in [-0.2, -0.15) is 0 Å². The third-order valence-electron chi connectivity index (χ3n) is 4.57. The van der Waals surface area contributed by atoms with Gasteiger partial charge < -0.3 is 20.9 Å². The lowest BCUT2D eigenvalue weighted by atomic mass is 9.98. The first-order chi connectivity index (χ1) is 11.9. The second kappa shape index (κ2) is 6.92. The van der Waals surface area contributed by atoms with E-state index in [1.807, 2.05) is 13.8 Å². The molecule has 3 rings (SSSR count). The molecule has 0 radical (unpaired) electrons. The van der Waals surface area contributed by atoms with Gasteiger partial charge >= 0.3 is 6.03 Å². The third-order valence-corrected chi connectivity index (χ3v) is 4.90. The molecule has 25 heavy (non-hydrogen) atoms. The zero-order valence-electron chi connectivity index (χ0n) is 14.1. The number of benzene rings is 1. The van der Waals surface area contributed by atoms with Crippen LogP contribution in [-0.4, -0.2) is 47.4 Å². The average molecular weight is 365 g/mol. The minimum absolute atomic E-state index is 0.0212. The number of carbonyl (C=O) groups excluding carboxylic acids is 3. The normalized spacial score (nSPS) is 25.6. The number of piperazine rings is 1. The zero-order valence-corrected chi connectivity index (χ0v) is 14.8. The van der Waals surface area contributed by atoms with E-state index in [1.165, 1.54) is 0 Å². The van der Waals surface area contributed by atoms with Crippen LogP contribution >= 0.6 is 11.6 Å². The largest absolute Gasteiger partial charge is 0.342 e. The summed E-state index contributed by atoms with van der Waals surface area (Å²) in [6.45, 7) is 4.12. The summed E-state index contributed by atoms with van der Waals surface area (Å²) in [7, 11) is 0. The Morgan fingerprint density at radius 2 is 2.04 bits per heavy atom. The molecule has 0 bridgehead atoms. The Morgan fingerprint density at radius 1 is 1.32 bits per heavy atom. The van der Waals surface area contributed by atoms with Gasteiger partial charge in [-0.1, -0.05) is 37.6 Å². The molecule has 4 amide bonds. The lowest BCUT2D eigenvalue weighted by Crippen LogP contribution is -2.62. The van der Waals surface area contributed by atoms with E-state index in [9.17, 15) is 14.4 Å². The van der Waals surface area contributed by atoms with Crippen LogP contribution in [0.2, 0.25) is 5.02 Å². The number of anilines is 1. The number of hydrogen-bond acceptors (Lipinski definition) is 3. The van der Waals surface area contributed by atoms with E-state index in [-0.39, 0.29) is 23.8 Å². The molecule has 0 saturated carbocycles. The molecular weight excluding hydrogens is 344 g/mol. The van der Waals surface area contributed by atoms with Crippen LogP contribution in [0.3, 0.4) is 0 Å². The Morgan fingerprint density at radius 3 is 2.72 bits per heavy atom. The van der Waals surface area contributed by atoms with Gasteiger partial charge in [0.15, 0.2) is 0 Å². The standard InChI is InChI=1S/C17H21ClN4O3/c1-9(2)14-16(24)22-8-10(7-13(22)15(23)21-14)19-17(25)20-12-6-4-3-5-11(12)18/h3-6,9-10,13-14H,7-8H2,1-2H3,(H,21,23)(H2,19,20,25)/t10-,13-,14+/m0/s1. The Kier molecular flexibility index (Phi) is 4.85. The molecule has 2 saturated heterocycles. The molecule has 0 aliphatic carbocycles. The van der Waals surface area contributed by atoms with Crippen molar-refractivity contribution >= 4 is 35.1 Å². The number of nitrogens with one attached hydrogen (secondary N) is 3. The Balaban J connectivity index is 1.63. The zero-order chi connectivity index (χ0) is 18.1. The summed E-state index contributed by atoms with van der Waals surface area (Å²) in [6, 6.07) is 5.21. The van der Waals surface area contributed by atoms with Gasteiger partial charge in [-0.15, -0.1) is 0 Å². The quantitative estimate of drug-likeness (QED) is 0.760. The highest BCUT2D eigenvalue weighted by atomic mass is 35.5. The Hall–Kier alpha value is -2.28. The molecule has 0 spiro atoms. The third kappa shape index (κ3) is 3.56. The van der Waals surface area contributed by atoms with Crippen molar-refractivity contribution in [3.63, 3.8) is 0 Å². The highest BCUT2D eigenvalue weighted by molar-refractivity contribution is 6.33. The molecule has 0 aromatic heterocycles. The molecule has 134 valence electrons. The van der Waals surface area contributed by atoms with Crippen molar-refractivity contribution < 1.29 is 14.4 Å². The predicted molar refractivity (Wildman–Crippen MR) is 94.3 cm³/mol. The summed E-state index contributed by atoms with van der Waals surface area (Å²) in [5, 5.41) is 8.72. The van der Waals surface area contributed by atoms with E-state index in [2.05, 4.69) is 16.0 Å². The molecule has 3 N–H and O–H groups in total. The SMILES string of the molecule is CC(C)[C@H]1NC(=O)[C@@H]2C[C@H](NC(=O)Nc3ccccc3Cl)CN2C1=O. The highest BCUT2D eigenvalue weighted by Crippen LogP contribution is 2.25. The summed E-state index contributed by atoms with van der Waals surface area (Å²) >= 11 is 6.02. The second-order valence-corrected chi connectivity index (χ2v) is 7.15. The lowest BCUT2D eigenvalue weighted by Gasteiger charge is -2.36. The number of rotatable bonds is 3. The van der Waals surface area contributed by atoms with Gasteiger partial charge in [0.25, 0.3) is 0 Å². The molecule has 2 heterocycles. The Bertz CT molecular complexity index is 709. The van der Waals surface area contributed by atoms with E-state index in [1.54, 1.807) is 29.2 Å². The predicted octanol–water partition coefficient (Wildman–Crippen LogP) is 1.59. The minimum atomic E-state index is -0.520. The van der Waals surface area contributed by atoms with Crippen molar-refractivity contribution in [1.29, 1.82) is 0 Å². The molecule has 3 atom stereocenters. The lowest BCUT2D eigenvalue weighted by molar-refractivity contribution is -0.148. The van der Waals surface area contributed by atoms with E-state index in [0.29, 0.717) is 23.7 Å². The number of hydrogen-bond donors (Lipinski definition) is 3. The first kappa shape index (κ1) is 17.5. The number of amides is 4. The van der Waals surface area contributed by atoms with Gasteiger partial charge in [0.1, 0.15) is 12.1 Å². The van der Waals surface area contributed by atoms with Crippen LogP contribution in [0.5, 0.6) is 0 Å². The Labute approximate surface area is 151 Å². The van der Waals surface area contributed by atoms with Crippen molar-refractivity contribution in [2.75, 3.05) is 11.9 Å². The fraction of sp³-hybridized carbons (Fsp3) is 0.471. The van der Waals surface area contributed by atoms with Crippen molar-refractivity contribution in [3.05, 3.63) is 29.3 Å². The summed E-state index contributed by atoms with van der Waals surface area (Å²) in [6.07, 6.45) is 0.401. The molecule has 2 aliphatic rings. The van der Waals surface area contributed by atoms with Crippen LogP contribution in [0.25, 0.3) is 0 Å². The molecule has 1 aromatic carbocycles. The topological polar surface area (TPSA) is 90.5 Å². The number of carbonyl (C=O) groups is 3. The maximum atomic E-state index is 12.5. The monoisotopic (exact) mass is 364 g/mol. The van der Waals surface area contributed by atoms with Crippen LogP contribution < -0.4 is 16.0 Å². The van der Waals surface area contributed by atoms with Gasteiger partial charge in [0, 0.05) is 6.54 Å². The summed E-state index contributed by atoms with van der Waals surface area (Å²) in [5.41, 5.74) is 0.506. The molecular formula is C17H21ClN4O3. The average Bonchev–Trinajstić information content (AvgIpc) is 2.97. The number of para-hydroxylation sites is 1. The maximum Gasteiger partial charge on any atom is 0.319 e. The molecule has 1 aromatic rings. The molecule has 7 nitrogen and oxygen atoms in total. The van der Waals surface area contributed by atoms with Crippen LogP contribution in [0.1, 0.15) is 20.3 Å². The summed E-state index contributed by atoms with van der Waals surface area (Å²) in [5.74, 6) is -0.225. The van der Waals surface area contributed by atoms with Crippen LogP contribution in [0.15, 0.2) is 24.3 Å². The van der Waals surface area contributed by atoms with E-state index < -0.39 is 18.1 Å². The van der Waals surface area contributed by atoms with Crippen molar-refractivity contribution in [2.45, 2.75) is 38.4 Å². The minimum Gasteiger partial charge on any atom is -0.342 e. The van der Waals surface area contributed by atoms with E-state index in [0.717, 1.165) is 0 Å². The fourth-order valence-electron chi connectivity index (χ4n) is 3.28. The smallest absolute Gasteiger partial charge is 0.319 e. The van der Waals surface area contributed by atoms with Crippen molar-refractivity contribution in [2.24, 2.45) is 5.92 Å². The second-order valence-electron chi connectivity index (χ2n) is 6.75. The van der Waals surface area contributed by atoms with Crippen LogP contribution in [0, 0.1) is 5.92 Å². The van der Waals surface area contributed by atoms with Crippen molar-refractivity contribution in [1.82, 2.24) is 15.5 Å². The molecule has 0 unspecified atom stereocenters. The number of halogens is 1. The number of urea groups is 1. The fourth-order valence-corrected chi connectivity index (χ4v) is 3.46. The van der Waals surface area contributed by atoms with Gasteiger partial charge in [-0.3, -0.25) is 9.59 Å². The van der Waals surface area contributed by atoms with Gasteiger partial charge in [-0.05, 0) is 24.5 Å². The summed E-state index contributed by atoms with van der Waals surface area (Å²) in [4.78, 5) is 38.5.